The van der Waals surface area contributed by atoms with Gasteiger partial charge in [0.2, 0.25) is 0 Å². The van der Waals surface area contributed by atoms with Crippen molar-refractivity contribution in [3.8, 4) is 0 Å². The Kier molecular flexibility index (Phi) is 2.17. The molecule has 0 amide bonds. The molecule has 0 unspecified atom stereocenters. The van der Waals surface area contributed by atoms with Gasteiger partial charge in [-0.05, 0) is 5.56 Å². The number of fused-ring (bicyclic) bond motifs is 6. The third kappa shape index (κ3) is 1.53. The van der Waals surface area contributed by atoms with Crippen LogP contribution >= 0.6 is 11.8 Å². The molecule has 0 fully saturated rings. The fraction of sp³-hybridized carbons (Fsp3) is 0.300. The third-order valence-electron chi connectivity index (χ3n) is 2.02. The van der Waals surface area contributed by atoms with Gasteiger partial charge in [0.1, 0.15) is 0 Å². The Hall–Kier alpha value is -0.760. The van der Waals surface area contributed by atoms with Gasteiger partial charge in [0, 0.05) is 23.5 Å². The zero-order valence-corrected chi connectivity index (χ0v) is 7.56. The minimum absolute atomic E-state index is 0.274. The highest BCUT2D eigenvalue weighted by Crippen LogP contribution is 2.18. The lowest BCUT2D eigenvalue weighted by Crippen LogP contribution is -1.98. The van der Waals surface area contributed by atoms with Gasteiger partial charge in [-0.2, -0.15) is 11.8 Å². The first-order chi connectivity index (χ1) is 5.86. The van der Waals surface area contributed by atoms with Crippen molar-refractivity contribution >= 4 is 17.5 Å². The van der Waals surface area contributed by atoms with E-state index in [0.717, 1.165) is 17.1 Å². The first-order valence-corrected chi connectivity index (χ1v) is 5.21. The van der Waals surface area contributed by atoms with E-state index in [1.54, 1.807) is 0 Å². The highest BCUT2D eigenvalue weighted by molar-refractivity contribution is 7.98. The first-order valence-electron chi connectivity index (χ1n) is 4.06. The molecular weight excluding hydrogens is 168 g/mol. The topological polar surface area (TPSA) is 17.1 Å². The second-order valence-electron chi connectivity index (χ2n) is 2.92. The van der Waals surface area contributed by atoms with E-state index in [1.807, 2.05) is 36.0 Å². The van der Waals surface area contributed by atoms with Crippen molar-refractivity contribution in [2.24, 2.45) is 0 Å². The smallest absolute Gasteiger partial charge is 0.163 e. The number of hydrogen-bond donors (Lipinski definition) is 0. The molecule has 2 aliphatic heterocycles. The van der Waals surface area contributed by atoms with E-state index >= 15 is 0 Å². The summed E-state index contributed by atoms with van der Waals surface area (Å²) in [6.07, 6.45) is 0.682. The number of benzene rings is 1. The highest BCUT2D eigenvalue weighted by atomic mass is 32.2. The third-order valence-corrected chi connectivity index (χ3v) is 3.05. The lowest BCUT2D eigenvalue weighted by molar-refractivity contribution is 0.0989. The molecule has 2 heterocycles. The molecule has 0 saturated carbocycles. The summed E-state index contributed by atoms with van der Waals surface area (Å²) in [5.74, 6) is 2.26. The molecule has 0 atom stereocenters. The van der Waals surface area contributed by atoms with E-state index < -0.39 is 0 Å². The van der Waals surface area contributed by atoms with Crippen molar-refractivity contribution in [3.63, 3.8) is 0 Å². The van der Waals surface area contributed by atoms with Gasteiger partial charge in [-0.3, -0.25) is 4.79 Å². The number of rotatable bonds is 0. The van der Waals surface area contributed by atoms with E-state index in [2.05, 4.69) is 0 Å². The van der Waals surface area contributed by atoms with Crippen LogP contribution in [0.1, 0.15) is 22.3 Å². The maximum atomic E-state index is 11.4. The lowest BCUT2D eigenvalue weighted by Gasteiger charge is -1.96. The van der Waals surface area contributed by atoms with Crippen LogP contribution in [-0.4, -0.2) is 11.5 Å². The summed E-state index contributed by atoms with van der Waals surface area (Å²) in [6, 6.07) is 7.96. The van der Waals surface area contributed by atoms with Gasteiger partial charge >= 0.3 is 0 Å². The quantitative estimate of drug-likeness (QED) is 0.607. The monoisotopic (exact) mass is 178 g/mol. The number of carbonyl (C=O) groups excluding carboxylic acids is 1. The molecule has 2 aliphatic rings. The molecule has 0 saturated heterocycles. The molecule has 12 heavy (non-hydrogen) atoms. The molecule has 1 aromatic rings. The summed E-state index contributed by atoms with van der Waals surface area (Å²) in [5.41, 5.74) is 2.18. The largest absolute Gasteiger partial charge is 0.294 e. The minimum Gasteiger partial charge on any atom is -0.294 e. The van der Waals surface area contributed by atoms with Gasteiger partial charge in [0.25, 0.3) is 0 Å². The number of thioether (sulfide) groups is 1. The van der Waals surface area contributed by atoms with E-state index in [9.17, 15) is 4.79 Å². The molecule has 62 valence electrons. The molecule has 1 aromatic carbocycles. The maximum Gasteiger partial charge on any atom is 0.163 e. The molecule has 0 N–H and O–H groups in total. The predicted molar refractivity (Wildman–Crippen MR) is 51.6 cm³/mol. The van der Waals surface area contributed by atoms with Crippen LogP contribution in [0, 0.1) is 0 Å². The Morgan fingerprint density at radius 1 is 1.17 bits per heavy atom. The van der Waals surface area contributed by atoms with Gasteiger partial charge in [-0.15, -0.1) is 0 Å². The first kappa shape index (κ1) is 7.87. The Labute approximate surface area is 76.2 Å². The minimum atomic E-state index is 0.274. The van der Waals surface area contributed by atoms with Crippen LogP contribution < -0.4 is 0 Å². The van der Waals surface area contributed by atoms with Crippen LogP contribution in [0.3, 0.4) is 0 Å². The van der Waals surface area contributed by atoms with Crippen LogP contribution in [0.2, 0.25) is 0 Å². The Morgan fingerprint density at radius 2 is 1.92 bits per heavy atom. The van der Waals surface area contributed by atoms with Crippen LogP contribution in [-0.2, 0) is 5.75 Å². The number of Topliss-reactive ketones (excluding diaryl/α,β-unsaturated/α-hetero) is 1. The fourth-order valence-electron chi connectivity index (χ4n) is 1.29. The summed E-state index contributed by atoms with van der Waals surface area (Å²) in [5, 5.41) is 0. The molecular formula is C10H10OS. The summed E-state index contributed by atoms with van der Waals surface area (Å²) in [7, 11) is 0. The molecule has 0 aromatic heterocycles. The average molecular weight is 178 g/mol. The second-order valence-corrected chi connectivity index (χ2v) is 4.03. The van der Waals surface area contributed by atoms with Crippen molar-refractivity contribution in [1.29, 1.82) is 0 Å². The number of hydrogen-bond acceptors (Lipinski definition) is 2. The summed E-state index contributed by atoms with van der Waals surface area (Å²) in [6.45, 7) is 0. The van der Waals surface area contributed by atoms with Gasteiger partial charge < -0.3 is 0 Å². The summed E-state index contributed by atoms with van der Waals surface area (Å²) in [4.78, 5) is 11.4. The van der Waals surface area contributed by atoms with E-state index in [4.69, 9.17) is 0 Å². The maximum absolute atomic E-state index is 11.4. The molecule has 0 spiro atoms. The average Bonchev–Trinajstić information content (AvgIpc) is 2.24. The van der Waals surface area contributed by atoms with Crippen LogP contribution in [0.4, 0.5) is 0 Å². The molecule has 2 heteroatoms. The molecule has 2 bridgehead atoms. The number of carbonyl (C=O) groups is 1. The second kappa shape index (κ2) is 3.31. The summed E-state index contributed by atoms with van der Waals surface area (Å²) < 4.78 is 0. The van der Waals surface area contributed by atoms with Gasteiger partial charge in [0.15, 0.2) is 5.78 Å². The van der Waals surface area contributed by atoms with Crippen LogP contribution in [0.15, 0.2) is 24.3 Å². The Morgan fingerprint density at radius 3 is 2.67 bits per heavy atom. The molecule has 1 nitrogen and oxygen atoms in total. The van der Waals surface area contributed by atoms with E-state index in [1.165, 1.54) is 5.56 Å². The zero-order chi connectivity index (χ0) is 8.39. The van der Waals surface area contributed by atoms with Gasteiger partial charge in [-0.25, -0.2) is 0 Å². The molecule has 0 aliphatic carbocycles. The number of ketones is 1. The Balaban J connectivity index is 2.38. The lowest BCUT2D eigenvalue weighted by atomic mass is 10.1. The van der Waals surface area contributed by atoms with Crippen molar-refractivity contribution in [3.05, 3.63) is 35.4 Å². The molecule has 0 radical (unpaired) electrons. The van der Waals surface area contributed by atoms with Crippen molar-refractivity contribution < 1.29 is 4.79 Å². The highest BCUT2D eigenvalue weighted by Gasteiger charge is 2.08. The van der Waals surface area contributed by atoms with Crippen molar-refractivity contribution in [2.75, 3.05) is 5.75 Å². The van der Waals surface area contributed by atoms with Gasteiger partial charge in [0.05, 0.1) is 0 Å². The van der Waals surface area contributed by atoms with Gasteiger partial charge in [-0.1, -0.05) is 24.3 Å². The molecule has 3 rings (SSSR count). The van der Waals surface area contributed by atoms with E-state index in [-0.39, 0.29) is 5.78 Å². The summed E-state index contributed by atoms with van der Waals surface area (Å²) >= 11 is 1.83. The van der Waals surface area contributed by atoms with Crippen LogP contribution in [0.25, 0.3) is 0 Å². The predicted octanol–water partition coefficient (Wildman–Crippen LogP) is 2.51. The Bertz CT molecular complexity index is 289. The SMILES string of the molecule is O=C1CCSCc2ccc1cc2. The van der Waals surface area contributed by atoms with Crippen molar-refractivity contribution in [1.82, 2.24) is 0 Å². The van der Waals surface area contributed by atoms with E-state index in [0.29, 0.717) is 6.42 Å². The standard InChI is InChI=1S/C10H10OS/c11-10-5-6-12-7-8-1-3-9(10)4-2-8/h1-4H,5-7H2. The van der Waals surface area contributed by atoms with Crippen molar-refractivity contribution in [2.45, 2.75) is 12.2 Å². The fourth-order valence-corrected chi connectivity index (χ4v) is 2.19. The van der Waals surface area contributed by atoms with Crippen LogP contribution in [0.5, 0.6) is 0 Å². The normalized spacial score (nSPS) is 16.8. The zero-order valence-electron chi connectivity index (χ0n) is 6.75.